The van der Waals surface area contributed by atoms with Crippen molar-refractivity contribution in [3.63, 3.8) is 0 Å². The molecule has 0 amide bonds. The third-order valence-corrected chi connectivity index (χ3v) is 1.95. The molecular weight excluding hydrogens is 243 g/mol. The van der Waals surface area contributed by atoms with Crippen molar-refractivity contribution in [2.24, 2.45) is 0 Å². The molecule has 2 nitrogen and oxygen atoms in total. The normalized spacial score (nSPS) is 12.8. The highest BCUT2D eigenvalue weighted by Gasteiger charge is 2.35. The summed E-state index contributed by atoms with van der Waals surface area (Å²) in [7, 11) is 0. The minimum Gasteiger partial charge on any atom is -0.438 e. The van der Waals surface area contributed by atoms with E-state index >= 15 is 0 Å². The number of allylic oxidation sites excluding steroid dienone is 4. The summed E-state index contributed by atoms with van der Waals surface area (Å²) < 4.78 is 43.1. The molecule has 1 rings (SSSR count). The average Bonchev–Trinajstić information content (AvgIpc) is 2.33. The van der Waals surface area contributed by atoms with E-state index in [2.05, 4.69) is 11.6 Å². The molecule has 1 aromatic heterocycles. The fourth-order valence-corrected chi connectivity index (χ4v) is 1.13. The molecule has 0 saturated carbocycles. The van der Waals surface area contributed by atoms with E-state index in [1.807, 2.05) is 0 Å². The molecule has 5 heteroatoms. The van der Waals surface area contributed by atoms with E-state index in [0.29, 0.717) is 0 Å². The molecule has 0 atom stereocenters. The fraction of sp³-hybridized carbons (Fsp3) is 0.154. The van der Waals surface area contributed by atoms with E-state index in [4.69, 9.17) is 4.74 Å². The summed E-state index contributed by atoms with van der Waals surface area (Å²) in [6.07, 6.45) is 2.90. The Morgan fingerprint density at radius 1 is 1.44 bits per heavy atom. The summed E-state index contributed by atoms with van der Waals surface area (Å²) in [5.41, 5.74) is -0.918. The van der Waals surface area contributed by atoms with Crippen molar-refractivity contribution < 1.29 is 17.9 Å². The monoisotopic (exact) mass is 255 g/mol. The zero-order chi connectivity index (χ0) is 13.6. The van der Waals surface area contributed by atoms with Gasteiger partial charge in [0.15, 0.2) is 0 Å². The maximum atomic E-state index is 12.7. The number of ether oxygens (including phenoxy) is 1. The molecule has 0 aromatic carbocycles. The third-order valence-electron chi connectivity index (χ3n) is 1.95. The van der Waals surface area contributed by atoms with Gasteiger partial charge in [-0.25, -0.2) is 4.98 Å². The molecular formula is C13H12F3NO. The van der Waals surface area contributed by atoms with Gasteiger partial charge in [-0.2, -0.15) is 13.2 Å². The van der Waals surface area contributed by atoms with E-state index in [-0.39, 0.29) is 5.76 Å². The van der Waals surface area contributed by atoms with E-state index < -0.39 is 17.6 Å². The van der Waals surface area contributed by atoms with Crippen molar-refractivity contribution in [2.45, 2.75) is 13.1 Å². The van der Waals surface area contributed by atoms with Crippen molar-refractivity contribution in [2.75, 3.05) is 0 Å². The number of hydrogen-bond acceptors (Lipinski definition) is 2. The van der Waals surface area contributed by atoms with Crippen LogP contribution in [0.3, 0.4) is 0 Å². The number of rotatable bonds is 4. The number of alkyl halides is 3. The van der Waals surface area contributed by atoms with Gasteiger partial charge >= 0.3 is 6.18 Å². The van der Waals surface area contributed by atoms with Gasteiger partial charge < -0.3 is 4.74 Å². The molecule has 0 bridgehead atoms. The highest BCUT2D eigenvalue weighted by Crippen LogP contribution is 2.35. The van der Waals surface area contributed by atoms with Crippen LogP contribution in [-0.4, -0.2) is 4.98 Å². The van der Waals surface area contributed by atoms with Crippen LogP contribution in [0.4, 0.5) is 13.2 Å². The number of halogens is 3. The summed E-state index contributed by atoms with van der Waals surface area (Å²) in [6.45, 7) is 5.24. The van der Waals surface area contributed by atoms with Crippen LogP contribution in [0.5, 0.6) is 5.88 Å². The zero-order valence-electron chi connectivity index (χ0n) is 9.74. The van der Waals surface area contributed by atoms with Crippen LogP contribution in [0.1, 0.15) is 12.5 Å². The van der Waals surface area contributed by atoms with Gasteiger partial charge in [0.05, 0.1) is 0 Å². The van der Waals surface area contributed by atoms with Crippen LogP contribution < -0.4 is 4.74 Å². The molecule has 0 unspecified atom stereocenters. The largest absolute Gasteiger partial charge is 0.438 e. The van der Waals surface area contributed by atoms with Gasteiger partial charge in [-0.05, 0) is 31.2 Å². The molecule has 1 heterocycles. The predicted octanol–water partition coefficient (Wildman–Crippen LogP) is 4.13. The molecule has 1 aromatic rings. The van der Waals surface area contributed by atoms with Crippen LogP contribution in [0, 0.1) is 0 Å². The SMILES string of the molecule is C=CC(=CC=CC)Oc1ncccc1C(F)(F)F. The lowest BCUT2D eigenvalue weighted by Gasteiger charge is -2.12. The Bertz CT molecular complexity index is 475. The fourth-order valence-electron chi connectivity index (χ4n) is 1.13. The second-order valence-electron chi connectivity index (χ2n) is 3.25. The van der Waals surface area contributed by atoms with Crippen molar-refractivity contribution in [3.05, 3.63) is 60.5 Å². The summed E-state index contributed by atoms with van der Waals surface area (Å²) in [4.78, 5) is 3.59. The quantitative estimate of drug-likeness (QED) is 0.596. The molecule has 0 spiro atoms. The third kappa shape index (κ3) is 3.76. The Labute approximate surface area is 103 Å². The maximum absolute atomic E-state index is 12.7. The van der Waals surface area contributed by atoms with Gasteiger partial charge in [-0.15, -0.1) is 0 Å². The van der Waals surface area contributed by atoms with Crippen LogP contribution in [-0.2, 0) is 6.18 Å². The first-order valence-corrected chi connectivity index (χ1v) is 5.14. The van der Waals surface area contributed by atoms with Gasteiger partial charge in [0, 0.05) is 6.20 Å². The molecule has 0 aliphatic rings. The lowest BCUT2D eigenvalue weighted by Crippen LogP contribution is -2.09. The van der Waals surface area contributed by atoms with Crippen molar-refractivity contribution in [1.82, 2.24) is 4.98 Å². The minimum atomic E-state index is -4.50. The van der Waals surface area contributed by atoms with Crippen LogP contribution >= 0.6 is 0 Å². The van der Waals surface area contributed by atoms with Crippen molar-refractivity contribution in [1.29, 1.82) is 0 Å². The topological polar surface area (TPSA) is 22.1 Å². The Morgan fingerprint density at radius 2 is 2.17 bits per heavy atom. The van der Waals surface area contributed by atoms with E-state index in [0.717, 1.165) is 6.07 Å². The summed E-state index contributed by atoms with van der Waals surface area (Å²) in [6, 6.07) is 2.12. The van der Waals surface area contributed by atoms with Crippen LogP contribution in [0.15, 0.2) is 55.0 Å². The first-order valence-electron chi connectivity index (χ1n) is 5.14. The predicted molar refractivity (Wildman–Crippen MR) is 63.0 cm³/mol. The molecule has 0 saturated heterocycles. The standard InChI is InChI=1S/C13H12F3NO/c1-3-5-7-10(4-2)18-12-11(13(14,15)16)8-6-9-17-12/h3-9H,2H2,1H3. The highest BCUT2D eigenvalue weighted by molar-refractivity contribution is 5.31. The smallest absolute Gasteiger partial charge is 0.421 e. The van der Waals surface area contributed by atoms with E-state index in [9.17, 15) is 13.2 Å². The lowest BCUT2D eigenvalue weighted by atomic mass is 10.2. The van der Waals surface area contributed by atoms with Crippen LogP contribution in [0.2, 0.25) is 0 Å². The maximum Gasteiger partial charge on any atom is 0.421 e. The second-order valence-corrected chi connectivity index (χ2v) is 3.25. The molecule has 96 valence electrons. The number of aromatic nitrogens is 1. The van der Waals surface area contributed by atoms with Crippen molar-refractivity contribution in [3.8, 4) is 5.88 Å². The van der Waals surface area contributed by atoms with E-state index in [1.54, 1.807) is 19.1 Å². The molecule has 0 aliphatic carbocycles. The Balaban J connectivity index is 3.07. The lowest BCUT2D eigenvalue weighted by molar-refractivity contribution is -0.139. The highest BCUT2D eigenvalue weighted by atomic mass is 19.4. The summed E-state index contributed by atoms with van der Waals surface area (Å²) in [5.74, 6) is -0.294. The second kappa shape index (κ2) is 6.05. The number of nitrogens with zero attached hydrogens (tertiary/aromatic N) is 1. The first-order chi connectivity index (χ1) is 8.49. The zero-order valence-corrected chi connectivity index (χ0v) is 9.74. The van der Waals surface area contributed by atoms with Gasteiger partial charge in [-0.1, -0.05) is 18.7 Å². The molecule has 0 N–H and O–H groups in total. The Morgan fingerprint density at radius 3 is 2.72 bits per heavy atom. The minimum absolute atomic E-state index is 0.192. The average molecular weight is 255 g/mol. The van der Waals surface area contributed by atoms with Gasteiger partial charge in [0.1, 0.15) is 11.3 Å². The van der Waals surface area contributed by atoms with Crippen LogP contribution in [0.25, 0.3) is 0 Å². The molecule has 0 aliphatic heterocycles. The Hall–Kier alpha value is -2.04. The summed E-state index contributed by atoms with van der Waals surface area (Å²) in [5, 5.41) is 0. The molecule has 0 radical (unpaired) electrons. The first kappa shape index (κ1) is 14.0. The van der Waals surface area contributed by atoms with Crippen molar-refractivity contribution >= 4 is 0 Å². The Kier molecular flexibility index (Phi) is 4.71. The summed E-state index contributed by atoms with van der Waals surface area (Å²) >= 11 is 0. The number of pyridine rings is 1. The van der Waals surface area contributed by atoms with Gasteiger partial charge in [0.25, 0.3) is 0 Å². The van der Waals surface area contributed by atoms with Gasteiger partial charge in [0.2, 0.25) is 5.88 Å². The van der Waals surface area contributed by atoms with E-state index in [1.165, 1.54) is 24.4 Å². The molecule has 18 heavy (non-hydrogen) atoms. The number of hydrogen-bond donors (Lipinski definition) is 0. The molecule has 0 fully saturated rings. The van der Waals surface area contributed by atoms with Gasteiger partial charge in [-0.3, -0.25) is 0 Å².